The molecular formula is C19H19Cl2NO2. The van der Waals surface area contributed by atoms with Crippen molar-refractivity contribution >= 4 is 34.9 Å². The van der Waals surface area contributed by atoms with Gasteiger partial charge in [-0.25, -0.2) is 0 Å². The van der Waals surface area contributed by atoms with Crippen LogP contribution in [0.25, 0.3) is 0 Å². The van der Waals surface area contributed by atoms with E-state index in [9.17, 15) is 9.59 Å². The molecule has 0 aliphatic carbocycles. The number of aryl methyl sites for hydroxylation is 1. The zero-order valence-electron chi connectivity index (χ0n) is 13.2. The number of hydrogen-bond acceptors (Lipinski definition) is 2. The highest BCUT2D eigenvalue weighted by molar-refractivity contribution is 6.36. The van der Waals surface area contributed by atoms with Gasteiger partial charge in [-0.15, -0.1) is 0 Å². The molecule has 0 saturated heterocycles. The number of ketones is 1. The molecule has 0 spiro atoms. The lowest BCUT2D eigenvalue weighted by Crippen LogP contribution is -2.32. The highest BCUT2D eigenvalue weighted by Crippen LogP contribution is 2.21. The fourth-order valence-corrected chi connectivity index (χ4v) is 2.85. The number of nitrogens with one attached hydrogen (secondary N) is 1. The average molecular weight is 364 g/mol. The number of amides is 1. The highest BCUT2D eigenvalue weighted by atomic mass is 35.5. The maximum Gasteiger partial charge on any atom is 0.287 e. The van der Waals surface area contributed by atoms with Crippen molar-refractivity contribution in [2.45, 2.75) is 25.7 Å². The molecule has 0 saturated carbocycles. The van der Waals surface area contributed by atoms with Gasteiger partial charge in [-0.05, 0) is 42.5 Å². The molecule has 1 amide bonds. The van der Waals surface area contributed by atoms with Crippen LogP contribution in [0.5, 0.6) is 0 Å². The van der Waals surface area contributed by atoms with E-state index in [2.05, 4.69) is 5.32 Å². The Morgan fingerprint density at radius 3 is 2.42 bits per heavy atom. The summed E-state index contributed by atoms with van der Waals surface area (Å²) in [6.45, 7) is 0.366. The zero-order valence-corrected chi connectivity index (χ0v) is 14.7. The smallest absolute Gasteiger partial charge is 0.287 e. The van der Waals surface area contributed by atoms with Crippen molar-refractivity contribution < 1.29 is 9.59 Å². The predicted octanol–water partition coefficient (Wildman–Crippen LogP) is 4.24. The van der Waals surface area contributed by atoms with Crippen molar-refractivity contribution in [1.29, 1.82) is 0 Å². The van der Waals surface area contributed by atoms with Crippen LogP contribution in [0.3, 0.4) is 0 Å². The van der Waals surface area contributed by atoms with Crippen LogP contribution in [0.15, 0.2) is 48.5 Å². The quantitative estimate of drug-likeness (QED) is 0.712. The normalized spacial score (nSPS) is 10.4. The summed E-state index contributed by atoms with van der Waals surface area (Å²) in [6.07, 6.45) is 2.26. The SMILES string of the molecule is O=C(CCCc1ccccc1)C(=O)NCCc1ccc(Cl)cc1Cl. The van der Waals surface area contributed by atoms with Crippen molar-refractivity contribution in [3.8, 4) is 0 Å². The van der Waals surface area contributed by atoms with E-state index in [4.69, 9.17) is 23.2 Å². The Bertz CT molecular complexity index is 702. The van der Waals surface area contributed by atoms with Crippen molar-refractivity contribution in [3.05, 3.63) is 69.7 Å². The van der Waals surface area contributed by atoms with Gasteiger partial charge < -0.3 is 5.32 Å². The number of benzene rings is 2. The molecular weight excluding hydrogens is 345 g/mol. The van der Waals surface area contributed by atoms with Crippen molar-refractivity contribution in [2.24, 2.45) is 0 Å². The first-order chi connectivity index (χ1) is 11.6. The summed E-state index contributed by atoms with van der Waals surface area (Å²) < 4.78 is 0. The summed E-state index contributed by atoms with van der Waals surface area (Å²) in [6, 6.07) is 15.1. The first-order valence-electron chi connectivity index (χ1n) is 7.85. The van der Waals surface area contributed by atoms with Gasteiger partial charge in [0, 0.05) is 23.0 Å². The van der Waals surface area contributed by atoms with Gasteiger partial charge in [-0.3, -0.25) is 9.59 Å². The molecule has 1 N–H and O–H groups in total. The van der Waals surface area contributed by atoms with Gasteiger partial charge in [0.1, 0.15) is 0 Å². The lowest BCUT2D eigenvalue weighted by Gasteiger charge is -2.07. The van der Waals surface area contributed by atoms with Crippen LogP contribution >= 0.6 is 23.2 Å². The third-order valence-corrected chi connectivity index (χ3v) is 4.25. The molecule has 2 aromatic carbocycles. The van der Waals surface area contributed by atoms with Gasteiger partial charge in [0.2, 0.25) is 5.78 Å². The summed E-state index contributed by atoms with van der Waals surface area (Å²) >= 11 is 11.9. The van der Waals surface area contributed by atoms with Gasteiger partial charge in [0.05, 0.1) is 0 Å². The van der Waals surface area contributed by atoms with Crippen LogP contribution in [0.1, 0.15) is 24.0 Å². The topological polar surface area (TPSA) is 46.2 Å². The molecule has 24 heavy (non-hydrogen) atoms. The van der Waals surface area contributed by atoms with Crippen LogP contribution in [-0.2, 0) is 22.4 Å². The third kappa shape index (κ3) is 5.99. The molecule has 0 radical (unpaired) electrons. The fraction of sp³-hybridized carbons (Fsp3) is 0.263. The average Bonchev–Trinajstić information content (AvgIpc) is 2.57. The molecule has 3 nitrogen and oxygen atoms in total. The first-order valence-corrected chi connectivity index (χ1v) is 8.61. The monoisotopic (exact) mass is 363 g/mol. The van der Waals surface area contributed by atoms with Gasteiger partial charge in [-0.2, -0.15) is 0 Å². The number of carbonyl (C=O) groups is 2. The van der Waals surface area contributed by atoms with E-state index in [0.29, 0.717) is 29.4 Å². The standard InChI is InChI=1S/C19H19Cl2NO2/c20-16-10-9-15(17(21)13-16)11-12-22-19(24)18(23)8-4-7-14-5-2-1-3-6-14/h1-3,5-6,9-10,13H,4,7-8,11-12H2,(H,22,24). The molecule has 0 fully saturated rings. The summed E-state index contributed by atoms with van der Waals surface area (Å²) in [4.78, 5) is 23.6. The lowest BCUT2D eigenvalue weighted by atomic mass is 10.1. The van der Waals surface area contributed by atoms with E-state index in [1.54, 1.807) is 12.1 Å². The molecule has 0 bridgehead atoms. The number of hydrogen-bond donors (Lipinski definition) is 1. The van der Waals surface area contributed by atoms with E-state index in [1.165, 1.54) is 5.56 Å². The Hall–Kier alpha value is -1.84. The zero-order chi connectivity index (χ0) is 17.4. The molecule has 0 unspecified atom stereocenters. The Kier molecular flexibility index (Phi) is 7.29. The van der Waals surface area contributed by atoms with E-state index < -0.39 is 5.91 Å². The second-order valence-electron chi connectivity index (χ2n) is 5.50. The van der Waals surface area contributed by atoms with Crippen molar-refractivity contribution in [2.75, 3.05) is 6.54 Å². The molecule has 126 valence electrons. The van der Waals surface area contributed by atoms with Gasteiger partial charge >= 0.3 is 0 Å². The minimum atomic E-state index is -0.534. The largest absolute Gasteiger partial charge is 0.349 e. The van der Waals surface area contributed by atoms with Crippen LogP contribution in [0.4, 0.5) is 0 Å². The lowest BCUT2D eigenvalue weighted by molar-refractivity contribution is -0.137. The molecule has 0 atom stereocenters. The second kappa shape index (κ2) is 9.45. The molecule has 5 heteroatoms. The van der Waals surface area contributed by atoms with E-state index in [0.717, 1.165) is 12.0 Å². The van der Waals surface area contributed by atoms with Crippen molar-refractivity contribution in [1.82, 2.24) is 5.32 Å². The maximum absolute atomic E-state index is 11.8. The van der Waals surface area contributed by atoms with E-state index in [1.807, 2.05) is 36.4 Å². The Morgan fingerprint density at radius 2 is 1.71 bits per heavy atom. The Morgan fingerprint density at radius 1 is 0.958 bits per heavy atom. The summed E-state index contributed by atoms with van der Waals surface area (Å²) in [5.74, 6) is -0.915. The van der Waals surface area contributed by atoms with Crippen LogP contribution in [0.2, 0.25) is 10.0 Å². The summed E-state index contributed by atoms with van der Waals surface area (Å²) in [7, 11) is 0. The minimum absolute atomic E-state index is 0.252. The summed E-state index contributed by atoms with van der Waals surface area (Å²) in [5.41, 5.74) is 2.06. The van der Waals surface area contributed by atoms with Gasteiger partial charge in [0.15, 0.2) is 0 Å². The number of carbonyl (C=O) groups excluding carboxylic acids is 2. The van der Waals surface area contributed by atoms with Crippen LogP contribution in [-0.4, -0.2) is 18.2 Å². The molecule has 2 rings (SSSR count). The minimum Gasteiger partial charge on any atom is -0.349 e. The van der Waals surface area contributed by atoms with E-state index >= 15 is 0 Å². The second-order valence-corrected chi connectivity index (χ2v) is 6.35. The Labute approximate surface area is 152 Å². The number of halogens is 2. The fourth-order valence-electron chi connectivity index (χ4n) is 2.34. The van der Waals surface area contributed by atoms with Gasteiger partial charge in [0.25, 0.3) is 5.91 Å². The Balaban J connectivity index is 1.69. The molecule has 0 aliphatic heterocycles. The van der Waals surface area contributed by atoms with Crippen LogP contribution < -0.4 is 5.32 Å². The maximum atomic E-state index is 11.8. The van der Waals surface area contributed by atoms with Crippen LogP contribution in [0, 0.1) is 0 Å². The number of rotatable bonds is 8. The van der Waals surface area contributed by atoms with E-state index in [-0.39, 0.29) is 12.2 Å². The molecule has 2 aromatic rings. The summed E-state index contributed by atoms with van der Waals surface area (Å²) in [5, 5.41) is 3.77. The van der Waals surface area contributed by atoms with Crippen molar-refractivity contribution in [3.63, 3.8) is 0 Å². The number of Topliss-reactive ketones (excluding diaryl/α,β-unsaturated/α-hetero) is 1. The molecule has 0 heterocycles. The third-order valence-electron chi connectivity index (χ3n) is 3.66. The molecule has 0 aromatic heterocycles. The predicted molar refractivity (Wildman–Crippen MR) is 97.6 cm³/mol. The highest BCUT2D eigenvalue weighted by Gasteiger charge is 2.12. The molecule has 0 aliphatic rings. The van der Waals surface area contributed by atoms with Gasteiger partial charge in [-0.1, -0.05) is 59.6 Å². The first kappa shape index (κ1) is 18.5.